The van der Waals surface area contributed by atoms with E-state index in [-0.39, 0.29) is 12.7 Å². The monoisotopic (exact) mass is 352 g/mol. The molecule has 0 amide bonds. The molecule has 0 heterocycles. The molecular formula is C22H24O4. The number of carboxylic acids is 1. The van der Waals surface area contributed by atoms with Crippen molar-refractivity contribution >= 4 is 5.97 Å². The van der Waals surface area contributed by atoms with Crippen LogP contribution < -0.4 is 4.74 Å². The van der Waals surface area contributed by atoms with Gasteiger partial charge in [-0.25, -0.2) is 4.79 Å². The molecule has 136 valence electrons. The summed E-state index contributed by atoms with van der Waals surface area (Å²) in [4.78, 5) is 11.3. The molecule has 0 aliphatic heterocycles. The highest BCUT2D eigenvalue weighted by atomic mass is 16.5. The van der Waals surface area contributed by atoms with E-state index in [2.05, 4.69) is 11.8 Å². The Hall–Kier alpha value is -2.77. The highest BCUT2D eigenvalue weighted by Gasteiger charge is 2.20. The Kier molecular flexibility index (Phi) is 7.25. The van der Waals surface area contributed by atoms with Gasteiger partial charge in [-0.1, -0.05) is 42.2 Å². The molecule has 0 radical (unpaired) electrons. The van der Waals surface area contributed by atoms with Crippen LogP contribution in [0.1, 0.15) is 30.5 Å². The molecule has 2 rings (SSSR count). The van der Waals surface area contributed by atoms with E-state index in [0.29, 0.717) is 12.2 Å². The molecule has 4 heteroatoms. The number of aliphatic carboxylic acids is 1. The molecular weight excluding hydrogens is 328 g/mol. The second-order valence-corrected chi connectivity index (χ2v) is 6.27. The summed E-state index contributed by atoms with van der Waals surface area (Å²) in [5.41, 5.74) is 2.97. The maximum absolute atomic E-state index is 11.3. The lowest BCUT2D eigenvalue weighted by molar-refractivity contribution is -0.153. The van der Waals surface area contributed by atoms with Gasteiger partial charge in [0.1, 0.15) is 12.4 Å². The van der Waals surface area contributed by atoms with Crippen molar-refractivity contribution < 1.29 is 19.4 Å². The molecule has 0 bridgehead atoms. The summed E-state index contributed by atoms with van der Waals surface area (Å²) in [6, 6.07) is 15.3. The van der Waals surface area contributed by atoms with Crippen LogP contribution in [-0.4, -0.2) is 29.9 Å². The van der Waals surface area contributed by atoms with Gasteiger partial charge in [-0.15, -0.1) is 0 Å². The highest BCUT2D eigenvalue weighted by Crippen LogP contribution is 2.16. The number of hydrogen-bond acceptors (Lipinski definition) is 3. The first kappa shape index (κ1) is 19.6. The zero-order valence-corrected chi connectivity index (χ0v) is 15.4. The third-order valence-corrected chi connectivity index (χ3v) is 3.71. The van der Waals surface area contributed by atoms with Crippen molar-refractivity contribution in [3.63, 3.8) is 0 Å². The van der Waals surface area contributed by atoms with E-state index < -0.39 is 12.1 Å². The van der Waals surface area contributed by atoms with Crippen molar-refractivity contribution in [3.05, 3.63) is 65.2 Å². The molecule has 1 N–H and O–H groups in total. The van der Waals surface area contributed by atoms with E-state index in [0.717, 1.165) is 16.7 Å². The quantitative estimate of drug-likeness (QED) is 0.769. The maximum Gasteiger partial charge on any atom is 0.333 e. The molecule has 1 atom stereocenters. The summed E-state index contributed by atoms with van der Waals surface area (Å²) in [5.74, 6) is 5.80. The van der Waals surface area contributed by atoms with Gasteiger partial charge in [0.2, 0.25) is 0 Å². The van der Waals surface area contributed by atoms with Crippen LogP contribution in [0, 0.1) is 18.8 Å². The second-order valence-electron chi connectivity index (χ2n) is 6.27. The zero-order chi connectivity index (χ0) is 18.9. The number of aryl methyl sites for hydroxylation is 1. The minimum absolute atomic E-state index is 0.146. The Morgan fingerprint density at radius 1 is 1.15 bits per heavy atom. The third kappa shape index (κ3) is 6.27. The van der Waals surface area contributed by atoms with E-state index >= 15 is 0 Å². The Bertz CT molecular complexity index is 799. The number of ether oxygens (including phenoxy) is 2. The summed E-state index contributed by atoms with van der Waals surface area (Å²) < 4.78 is 11.1. The average Bonchev–Trinajstić information content (AvgIpc) is 2.59. The van der Waals surface area contributed by atoms with E-state index in [9.17, 15) is 9.90 Å². The Labute approximate surface area is 154 Å². The Morgan fingerprint density at radius 2 is 1.92 bits per heavy atom. The SMILES string of the molecule is Cc1ccccc1C#CCOc1cccc(CC(OC(C)C)C(=O)O)c1. The molecule has 2 aromatic rings. The second kappa shape index (κ2) is 9.65. The fourth-order valence-electron chi connectivity index (χ4n) is 2.46. The van der Waals surface area contributed by atoms with E-state index in [1.165, 1.54) is 0 Å². The van der Waals surface area contributed by atoms with Gasteiger partial charge < -0.3 is 14.6 Å². The molecule has 0 fully saturated rings. The van der Waals surface area contributed by atoms with Crippen LogP contribution in [0.4, 0.5) is 0 Å². The molecule has 0 spiro atoms. The smallest absolute Gasteiger partial charge is 0.333 e. The summed E-state index contributed by atoms with van der Waals surface area (Å²) >= 11 is 0. The van der Waals surface area contributed by atoms with Gasteiger partial charge in [0.15, 0.2) is 6.10 Å². The van der Waals surface area contributed by atoms with Crippen molar-refractivity contribution in [2.45, 2.75) is 39.4 Å². The molecule has 0 aromatic heterocycles. The molecule has 0 saturated carbocycles. The fourth-order valence-corrected chi connectivity index (χ4v) is 2.46. The van der Waals surface area contributed by atoms with Gasteiger partial charge >= 0.3 is 5.97 Å². The molecule has 0 aliphatic carbocycles. The van der Waals surface area contributed by atoms with E-state index in [1.807, 2.05) is 69.3 Å². The van der Waals surface area contributed by atoms with Gasteiger partial charge in [0.05, 0.1) is 6.10 Å². The highest BCUT2D eigenvalue weighted by molar-refractivity contribution is 5.72. The standard InChI is InChI=1S/C22H24O4/c1-16(2)26-21(22(23)24)15-18-9-6-12-20(14-18)25-13-7-11-19-10-5-4-8-17(19)3/h4-6,8-10,12,14,16,21H,13,15H2,1-3H3,(H,23,24). The minimum Gasteiger partial charge on any atom is -0.481 e. The third-order valence-electron chi connectivity index (χ3n) is 3.71. The van der Waals surface area contributed by atoms with Crippen molar-refractivity contribution in [2.24, 2.45) is 0 Å². The normalized spacial score (nSPS) is 11.5. The number of carbonyl (C=O) groups is 1. The van der Waals surface area contributed by atoms with Crippen LogP contribution in [0.25, 0.3) is 0 Å². The number of carboxylic acid groups (broad SMARTS) is 1. The molecule has 26 heavy (non-hydrogen) atoms. The van der Waals surface area contributed by atoms with Gasteiger partial charge in [0, 0.05) is 12.0 Å². The van der Waals surface area contributed by atoms with E-state index in [4.69, 9.17) is 9.47 Å². The van der Waals surface area contributed by atoms with Crippen molar-refractivity contribution in [1.29, 1.82) is 0 Å². The van der Waals surface area contributed by atoms with Crippen molar-refractivity contribution in [1.82, 2.24) is 0 Å². The van der Waals surface area contributed by atoms with Gasteiger partial charge in [-0.2, -0.15) is 0 Å². The van der Waals surface area contributed by atoms with Gasteiger partial charge in [-0.3, -0.25) is 0 Å². The van der Waals surface area contributed by atoms with Crippen molar-refractivity contribution in [2.75, 3.05) is 6.61 Å². The Balaban J connectivity index is 1.97. The number of rotatable bonds is 7. The average molecular weight is 352 g/mol. The summed E-state index contributed by atoms with van der Waals surface area (Å²) in [5, 5.41) is 9.28. The number of benzene rings is 2. The number of hydrogen-bond donors (Lipinski definition) is 1. The van der Waals surface area contributed by atoms with Gasteiger partial charge in [0.25, 0.3) is 0 Å². The molecule has 4 nitrogen and oxygen atoms in total. The first-order valence-electron chi connectivity index (χ1n) is 8.60. The van der Waals surface area contributed by atoms with E-state index in [1.54, 1.807) is 0 Å². The molecule has 2 aromatic carbocycles. The van der Waals surface area contributed by atoms with Crippen LogP contribution >= 0.6 is 0 Å². The van der Waals surface area contributed by atoms with Crippen molar-refractivity contribution in [3.8, 4) is 17.6 Å². The first-order chi connectivity index (χ1) is 12.5. The predicted molar refractivity (Wildman–Crippen MR) is 101 cm³/mol. The van der Waals surface area contributed by atoms with Crippen LogP contribution in [0.2, 0.25) is 0 Å². The topological polar surface area (TPSA) is 55.8 Å². The Morgan fingerprint density at radius 3 is 2.62 bits per heavy atom. The lowest BCUT2D eigenvalue weighted by atomic mass is 10.1. The zero-order valence-electron chi connectivity index (χ0n) is 15.4. The van der Waals surface area contributed by atoms with Crippen LogP contribution in [0.3, 0.4) is 0 Å². The summed E-state index contributed by atoms with van der Waals surface area (Å²) in [6.45, 7) is 5.93. The molecule has 0 aliphatic rings. The molecule has 0 saturated heterocycles. The van der Waals surface area contributed by atoms with Crippen LogP contribution in [0.15, 0.2) is 48.5 Å². The van der Waals surface area contributed by atoms with Gasteiger partial charge in [-0.05, 0) is 50.1 Å². The lowest BCUT2D eigenvalue weighted by Crippen LogP contribution is -2.29. The fraction of sp³-hybridized carbons (Fsp3) is 0.318. The lowest BCUT2D eigenvalue weighted by Gasteiger charge is -2.16. The maximum atomic E-state index is 11.3. The largest absolute Gasteiger partial charge is 0.481 e. The first-order valence-corrected chi connectivity index (χ1v) is 8.60. The summed E-state index contributed by atoms with van der Waals surface area (Å²) in [6.07, 6.45) is -0.724. The predicted octanol–water partition coefficient (Wildman–Crippen LogP) is 3.85. The summed E-state index contributed by atoms with van der Waals surface area (Å²) in [7, 11) is 0. The van der Waals surface area contributed by atoms with Crippen LogP contribution in [-0.2, 0) is 16.0 Å². The molecule has 1 unspecified atom stereocenters. The minimum atomic E-state index is -0.964. The van der Waals surface area contributed by atoms with Crippen LogP contribution in [0.5, 0.6) is 5.75 Å².